The van der Waals surface area contributed by atoms with Gasteiger partial charge in [-0.15, -0.1) is 0 Å². The van der Waals surface area contributed by atoms with E-state index in [0.29, 0.717) is 19.6 Å². The van der Waals surface area contributed by atoms with Crippen LogP contribution < -0.4 is 0 Å². The predicted molar refractivity (Wildman–Crippen MR) is 107 cm³/mol. The van der Waals surface area contributed by atoms with Gasteiger partial charge in [-0.3, -0.25) is 14.6 Å². The highest BCUT2D eigenvalue weighted by Gasteiger charge is 2.63. The number of benzene rings is 1. The first-order valence-electron chi connectivity index (χ1n) is 10.6. The van der Waals surface area contributed by atoms with Gasteiger partial charge in [0.2, 0.25) is 5.91 Å². The van der Waals surface area contributed by atoms with Gasteiger partial charge in [-0.25, -0.2) is 4.79 Å². The summed E-state index contributed by atoms with van der Waals surface area (Å²) in [5.74, 6) is 0.461. The molecule has 1 unspecified atom stereocenters. The molecule has 4 fully saturated rings. The number of aryl methyl sites for hydroxylation is 1. The number of carbonyl (C=O) groups excluding carboxylic acids is 2. The summed E-state index contributed by atoms with van der Waals surface area (Å²) >= 11 is 0. The van der Waals surface area contributed by atoms with Gasteiger partial charge in [0.05, 0.1) is 19.1 Å². The lowest BCUT2D eigenvalue weighted by Gasteiger charge is -2.51. The summed E-state index contributed by atoms with van der Waals surface area (Å²) in [6.07, 6.45) is 4.02. The number of amides is 2. The van der Waals surface area contributed by atoms with E-state index in [1.165, 1.54) is 16.5 Å². The Balaban J connectivity index is 1.20. The van der Waals surface area contributed by atoms with Gasteiger partial charge in [-0.05, 0) is 24.5 Å². The van der Waals surface area contributed by atoms with Gasteiger partial charge in [0.15, 0.2) is 5.60 Å². The van der Waals surface area contributed by atoms with E-state index in [1.54, 1.807) is 0 Å². The highest BCUT2D eigenvalue weighted by Crippen LogP contribution is 2.42. The molecule has 1 aromatic carbocycles. The van der Waals surface area contributed by atoms with Crippen LogP contribution in [0.1, 0.15) is 18.4 Å². The van der Waals surface area contributed by atoms with E-state index in [1.807, 2.05) is 9.80 Å². The van der Waals surface area contributed by atoms with Crippen LogP contribution in [-0.2, 0) is 23.1 Å². The molecule has 2 amide bonds. The van der Waals surface area contributed by atoms with Gasteiger partial charge in [0, 0.05) is 56.2 Å². The molecule has 4 heterocycles. The lowest BCUT2D eigenvalue weighted by Crippen LogP contribution is -2.72. The summed E-state index contributed by atoms with van der Waals surface area (Å²) in [4.78, 5) is 31.0. The number of carbonyl (C=O) groups is 2. The number of para-hydroxylation sites is 1. The average Bonchev–Trinajstić information content (AvgIpc) is 3.44. The van der Waals surface area contributed by atoms with Crippen molar-refractivity contribution < 1.29 is 14.3 Å². The normalized spacial score (nSPS) is 26.0. The number of nitrogens with zero attached hydrogens (tertiary/aromatic N) is 4. The minimum absolute atomic E-state index is 0.0296. The summed E-state index contributed by atoms with van der Waals surface area (Å²) in [6, 6.07) is 8.51. The van der Waals surface area contributed by atoms with Crippen molar-refractivity contribution in [2.75, 3.05) is 32.7 Å². The molecule has 29 heavy (non-hydrogen) atoms. The monoisotopic (exact) mass is 394 g/mol. The molecular weight excluding hydrogens is 368 g/mol. The lowest BCUT2D eigenvalue weighted by atomic mass is 9.84. The van der Waals surface area contributed by atoms with Crippen molar-refractivity contribution in [3.05, 3.63) is 36.0 Å². The van der Waals surface area contributed by atoms with Crippen molar-refractivity contribution in [3.63, 3.8) is 0 Å². The van der Waals surface area contributed by atoms with Crippen LogP contribution in [0.4, 0.5) is 4.79 Å². The van der Waals surface area contributed by atoms with Crippen LogP contribution in [0.2, 0.25) is 0 Å². The van der Waals surface area contributed by atoms with Crippen molar-refractivity contribution in [2.24, 2.45) is 13.0 Å². The second kappa shape index (κ2) is 5.98. The fraction of sp³-hybridized carbons (Fsp3) is 0.545. The Bertz CT molecular complexity index is 1000. The molecule has 7 heteroatoms. The lowest BCUT2D eigenvalue weighted by molar-refractivity contribution is -0.157. The number of ether oxygens (including phenoxy) is 1. The average molecular weight is 394 g/mol. The van der Waals surface area contributed by atoms with Crippen LogP contribution in [0.5, 0.6) is 0 Å². The molecule has 4 aliphatic rings. The van der Waals surface area contributed by atoms with Gasteiger partial charge in [-0.1, -0.05) is 18.2 Å². The maximum absolute atomic E-state index is 12.5. The number of fused-ring (bicyclic) bond motifs is 3. The zero-order valence-electron chi connectivity index (χ0n) is 16.7. The van der Waals surface area contributed by atoms with E-state index in [0.717, 1.165) is 32.5 Å². The molecule has 1 atom stereocenters. The Hall–Kier alpha value is -2.54. The Labute approximate surface area is 169 Å². The molecule has 7 nitrogen and oxygen atoms in total. The van der Waals surface area contributed by atoms with Crippen LogP contribution in [0.25, 0.3) is 10.9 Å². The van der Waals surface area contributed by atoms with Crippen molar-refractivity contribution in [2.45, 2.75) is 31.0 Å². The van der Waals surface area contributed by atoms with Crippen molar-refractivity contribution in [1.82, 2.24) is 19.3 Å². The van der Waals surface area contributed by atoms with Crippen molar-refractivity contribution in [1.29, 1.82) is 0 Å². The van der Waals surface area contributed by atoms with E-state index >= 15 is 0 Å². The molecule has 3 saturated heterocycles. The smallest absolute Gasteiger partial charge is 0.411 e. The Morgan fingerprint density at radius 2 is 2.00 bits per heavy atom. The molecule has 152 valence electrons. The summed E-state index contributed by atoms with van der Waals surface area (Å²) in [7, 11) is 2.09. The fourth-order valence-corrected chi connectivity index (χ4v) is 5.36. The largest absolute Gasteiger partial charge is 0.437 e. The molecule has 0 radical (unpaired) electrons. The summed E-state index contributed by atoms with van der Waals surface area (Å²) < 4.78 is 8.03. The topological polar surface area (TPSA) is 58.0 Å². The fourth-order valence-electron chi connectivity index (χ4n) is 5.36. The first-order valence-corrected chi connectivity index (χ1v) is 10.6. The molecule has 2 aromatic rings. The molecular formula is C22H26N4O3. The summed E-state index contributed by atoms with van der Waals surface area (Å²) in [6.45, 7) is 4.29. The summed E-state index contributed by atoms with van der Waals surface area (Å²) in [5.41, 5.74) is 2.04. The maximum atomic E-state index is 12.5. The molecule has 1 saturated carbocycles. The zero-order valence-corrected chi connectivity index (χ0v) is 16.7. The third-order valence-electron chi connectivity index (χ3n) is 7.13. The van der Waals surface area contributed by atoms with Crippen LogP contribution in [0.15, 0.2) is 30.5 Å². The van der Waals surface area contributed by atoms with Gasteiger partial charge in [-0.2, -0.15) is 0 Å². The van der Waals surface area contributed by atoms with E-state index in [2.05, 4.69) is 47.0 Å². The Morgan fingerprint density at radius 3 is 2.79 bits per heavy atom. The van der Waals surface area contributed by atoms with Gasteiger partial charge in [0.25, 0.3) is 0 Å². The number of hydrogen-bond acceptors (Lipinski definition) is 4. The molecule has 0 bridgehead atoms. The number of hydrogen-bond donors (Lipinski definition) is 0. The standard InChI is InChI=1S/C22H26N4O3/c1-23-10-16(17-4-2-3-5-18(17)23)11-24-8-9-26-19(12-24)22(29-21(26)28)13-25(14-22)20(27)15-6-7-15/h2-5,10,15,19H,6-9,11-14H2,1H3. The zero-order chi connectivity index (χ0) is 19.8. The minimum atomic E-state index is -0.515. The van der Waals surface area contributed by atoms with E-state index < -0.39 is 5.60 Å². The van der Waals surface area contributed by atoms with Crippen molar-refractivity contribution >= 4 is 22.9 Å². The molecule has 1 aromatic heterocycles. The minimum Gasteiger partial charge on any atom is -0.437 e. The second-order valence-electron chi connectivity index (χ2n) is 9.13. The summed E-state index contributed by atoms with van der Waals surface area (Å²) in [5, 5.41) is 1.29. The molecule has 1 aliphatic carbocycles. The second-order valence-corrected chi connectivity index (χ2v) is 9.13. The highest BCUT2D eigenvalue weighted by atomic mass is 16.6. The molecule has 1 spiro atoms. The van der Waals surface area contributed by atoms with Crippen molar-refractivity contribution in [3.8, 4) is 0 Å². The molecule has 6 rings (SSSR count). The van der Waals surface area contributed by atoms with Gasteiger partial charge < -0.3 is 14.2 Å². The van der Waals surface area contributed by atoms with Crippen LogP contribution in [0.3, 0.4) is 0 Å². The van der Waals surface area contributed by atoms with E-state index in [4.69, 9.17) is 4.74 Å². The van der Waals surface area contributed by atoms with Gasteiger partial charge >= 0.3 is 6.09 Å². The maximum Gasteiger partial charge on any atom is 0.411 e. The first-order chi connectivity index (χ1) is 14.0. The SMILES string of the molecule is Cn1cc(CN2CCN3C(=O)OC4(CN(C(=O)C5CC5)C4)C3C2)c2ccccc21. The first kappa shape index (κ1) is 17.3. The number of aromatic nitrogens is 1. The predicted octanol–water partition coefficient (Wildman–Crippen LogP) is 1.81. The third-order valence-corrected chi connectivity index (χ3v) is 7.13. The Kier molecular flexibility index (Phi) is 3.57. The van der Waals surface area contributed by atoms with E-state index in [-0.39, 0.29) is 24.0 Å². The van der Waals surface area contributed by atoms with Crippen LogP contribution >= 0.6 is 0 Å². The molecule has 0 N–H and O–H groups in total. The molecule has 3 aliphatic heterocycles. The quantitative estimate of drug-likeness (QED) is 0.797. The Morgan fingerprint density at radius 1 is 1.21 bits per heavy atom. The van der Waals surface area contributed by atoms with Crippen LogP contribution in [0, 0.1) is 5.92 Å². The van der Waals surface area contributed by atoms with E-state index in [9.17, 15) is 9.59 Å². The number of rotatable bonds is 3. The third kappa shape index (κ3) is 2.60. The van der Waals surface area contributed by atoms with Gasteiger partial charge in [0.1, 0.15) is 0 Å². The number of likely N-dealkylation sites (tertiary alicyclic amines) is 1. The van der Waals surface area contributed by atoms with Crippen LogP contribution in [-0.4, -0.2) is 75.6 Å². The number of piperazine rings is 1. The highest BCUT2D eigenvalue weighted by molar-refractivity contribution is 5.84.